The third-order valence-corrected chi connectivity index (χ3v) is 6.28. The molecule has 8 nitrogen and oxygen atoms in total. The van der Waals surface area contributed by atoms with Crippen LogP contribution in [0.2, 0.25) is 0 Å². The van der Waals surface area contributed by atoms with Gasteiger partial charge in [0.25, 0.3) is 5.91 Å². The van der Waals surface area contributed by atoms with Crippen molar-refractivity contribution in [2.75, 3.05) is 10.6 Å². The summed E-state index contributed by atoms with van der Waals surface area (Å²) in [4.78, 5) is 33.5. The van der Waals surface area contributed by atoms with E-state index in [4.69, 9.17) is 0 Å². The number of carbonyl (C=O) groups is 2. The summed E-state index contributed by atoms with van der Waals surface area (Å²) >= 11 is 0. The van der Waals surface area contributed by atoms with E-state index in [2.05, 4.69) is 30.8 Å². The molecule has 1 aromatic carbocycles. The highest BCUT2D eigenvalue weighted by Crippen LogP contribution is 2.33. The Labute approximate surface area is 221 Å². The van der Waals surface area contributed by atoms with E-state index >= 15 is 0 Å². The largest absolute Gasteiger partial charge is 0.418 e. The summed E-state index contributed by atoms with van der Waals surface area (Å²) in [6.45, 7) is 1.90. The van der Waals surface area contributed by atoms with Crippen molar-refractivity contribution in [2.24, 2.45) is 5.92 Å². The van der Waals surface area contributed by atoms with Crippen molar-refractivity contribution in [3.63, 3.8) is 0 Å². The lowest BCUT2D eigenvalue weighted by Gasteiger charge is -2.12. The van der Waals surface area contributed by atoms with Gasteiger partial charge in [0.15, 0.2) is 5.69 Å². The molecule has 0 radical (unpaired) electrons. The second-order valence-electron chi connectivity index (χ2n) is 9.37. The second kappa shape index (κ2) is 10.6. The predicted molar refractivity (Wildman–Crippen MR) is 139 cm³/mol. The molecule has 3 aromatic heterocycles. The van der Waals surface area contributed by atoms with E-state index in [1.807, 2.05) is 19.1 Å². The summed E-state index contributed by atoms with van der Waals surface area (Å²) in [5.74, 6) is 0.0403. The Hall–Kier alpha value is -4.67. The van der Waals surface area contributed by atoms with Crippen molar-refractivity contribution in [1.82, 2.24) is 20.2 Å². The fourth-order valence-electron chi connectivity index (χ4n) is 4.03. The van der Waals surface area contributed by atoms with Gasteiger partial charge in [-0.1, -0.05) is 6.07 Å². The number of halogens is 3. The van der Waals surface area contributed by atoms with Gasteiger partial charge in [-0.2, -0.15) is 18.3 Å². The molecule has 1 fully saturated rings. The molecule has 0 aliphatic heterocycles. The zero-order valence-electron chi connectivity index (χ0n) is 20.8. The number of anilines is 2. The predicted octanol–water partition coefficient (Wildman–Crippen LogP) is 5.92. The summed E-state index contributed by atoms with van der Waals surface area (Å²) in [6.07, 6.45) is 1.84. The van der Waals surface area contributed by atoms with Crippen molar-refractivity contribution in [3.05, 3.63) is 83.9 Å². The Kier molecular flexibility index (Phi) is 7.05. The van der Waals surface area contributed by atoms with E-state index in [-0.39, 0.29) is 5.91 Å². The Morgan fingerprint density at radius 2 is 1.72 bits per heavy atom. The number of hydrogen-bond donors (Lipinski definition) is 2. The Bertz CT molecular complexity index is 1550. The average molecular weight is 533 g/mol. The number of pyridine rings is 2. The number of carbonyl (C=O) groups excluding carboxylic acids is 2. The first-order valence-electron chi connectivity index (χ1n) is 12.2. The fourth-order valence-corrected chi connectivity index (χ4v) is 4.03. The minimum atomic E-state index is -4.64. The van der Waals surface area contributed by atoms with Gasteiger partial charge in [0.2, 0.25) is 5.91 Å². The maximum Gasteiger partial charge on any atom is 0.418 e. The minimum Gasteiger partial charge on any atom is -0.321 e. The van der Waals surface area contributed by atoms with Crippen molar-refractivity contribution in [3.8, 4) is 22.4 Å². The Morgan fingerprint density at radius 1 is 0.949 bits per heavy atom. The normalized spacial score (nSPS) is 13.1. The molecule has 1 aliphatic carbocycles. The van der Waals surface area contributed by atoms with Crippen LogP contribution in [0.4, 0.5) is 24.7 Å². The number of hydrogen-bond acceptors (Lipinski definition) is 6. The second-order valence-corrected chi connectivity index (χ2v) is 9.37. The van der Waals surface area contributed by atoms with E-state index in [0.29, 0.717) is 41.8 Å². The third-order valence-electron chi connectivity index (χ3n) is 6.28. The van der Waals surface area contributed by atoms with Gasteiger partial charge in [0.05, 0.1) is 17.5 Å². The maximum atomic E-state index is 13.0. The van der Waals surface area contributed by atoms with Crippen LogP contribution >= 0.6 is 0 Å². The van der Waals surface area contributed by atoms with Gasteiger partial charge in [-0.25, -0.2) is 4.98 Å². The van der Waals surface area contributed by atoms with Crippen molar-refractivity contribution in [1.29, 1.82) is 0 Å². The van der Waals surface area contributed by atoms with Crippen molar-refractivity contribution in [2.45, 2.75) is 32.4 Å². The lowest BCUT2D eigenvalue weighted by Crippen LogP contribution is -2.16. The third kappa shape index (κ3) is 6.43. The quantitative estimate of drug-likeness (QED) is 0.306. The summed E-state index contributed by atoms with van der Waals surface area (Å²) in [6, 6.07) is 13.1. The molecule has 198 valence electrons. The van der Waals surface area contributed by atoms with Gasteiger partial charge < -0.3 is 10.6 Å². The highest BCUT2D eigenvalue weighted by molar-refractivity contribution is 6.03. The van der Waals surface area contributed by atoms with E-state index in [9.17, 15) is 22.8 Å². The highest BCUT2D eigenvalue weighted by atomic mass is 19.4. The van der Waals surface area contributed by atoms with E-state index in [1.54, 1.807) is 42.7 Å². The van der Waals surface area contributed by atoms with Crippen molar-refractivity contribution < 1.29 is 22.8 Å². The van der Waals surface area contributed by atoms with Crippen LogP contribution in [0.3, 0.4) is 0 Å². The molecule has 5 rings (SSSR count). The SMILES string of the molecule is Cc1ccc(NC(=O)c2cc(C(F)(F)F)cnn2)cc1-c1ccnc(-c2ccnc(NC(=O)CC3CC3)c2)c1. The molecule has 0 bridgehead atoms. The molecular formula is C28H23F3N6O2. The van der Waals surface area contributed by atoms with Crippen LogP contribution in [-0.4, -0.2) is 32.0 Å². The van der Waals surface area contributed by atoms with Gasteiger partial charge in [0.1, 0.15) is 5.82 Å². The summed E-state index contributed by atoms with van der Waals surface area (Å²) in [5, 5.41) is 12.3. The van der Waals surface area contributed by atoms with E-state index < -0.39 is 23.3 Å². The molecule has 1 saturated carbocycles. The van der Waals surface area contributed by atoms with Crippen LogP contribution in [0.15, 0.2) is 67.1 Å². The molecule has 4 aromatic rings. The number of nitrogens with zero attached hydrogens (tertiary/aromatic N) is 4. The number of alkyl halides is 3. The highest BCUT2D eigenvalue weighted by Gasteiger charge is 2.32. The Balaban J connectivity index is 1.36. The number of benzene rings is 1. The van der Waals surface area contributed by atoms with Gasteiger partial charge in [0, 0.05) is 30.1 Å². The molecule has 2 amide bonds. The molecule has 2 N–H and O–H groups in total. The van der Waals surface area contributed by atoms with Gasteiger partial charge in [-0.15, -0.1) is 5.10 Å². The van der Waals surface area contributed by atoms with Crippen LogP contribution in [-0.2, 0) is 11.0 Å². The lowest BCUT2D eigenvalue weighted by molar-refractivity contribution is -0.138. The molecule has 0 atom stereocenters. The monoisotopic (exact) mass is 532 g/mol. The average Bonchev–Trinajstić information content (AvgIpc) is 3.73. The lowest BCUT2D eigenvalue weighted by atomic mass is 9.99. The van der Waals surface area contributed by atoms with Crippen LogP contribution < -0.4 is 10.6 Å². The molecule has 1 aliphatic rings. The fraction of sp³-hybridized carbons (Fsp3) is 0.214. The van der Waals surface area contributed by atoms with E-state index in [1.165, 1.54) is 0 Å². The Morgan fingerprint density at radius 3 is 2.49 bits per heavy atom. The molecule has 0 saturated heterocycles. The first-order chi connectivity index (χ1) is 18.7. The molecule has 3 heterocycles. The smallest absolute Gasteiger partial charge is 0.321 e. The number of aryl methyl sites for hydroxylation is 1. The molecule has 11 heteroatoms. The number of rotatable bonds is 7. The summed E-state index contributed by atoms with van der Waals surface area (Å²) in [7, 11) is 0. The first kappa shape index (κ1) is 26.0. The molecule has 0 spiro atoms. The van der Waals surface area contributed by atoms with Gasteiger partial charge >= 0.3 is 6.18 Å². The van der Waals surface area contributed by atoms with Gasteiger partial charge in [-0.3, -0.25) is 14.6 Å². The number of amides is 2. The van der Waals surface area contributed by atoms with Crippen LogP contribution in [0.25, 0.3) is 22.4 Å². The zero-order chi connectivity index (χ0) is 27.6. The standard InChI is InChI=1S/C28H23F3N6O2/c1-16-2-5-21(35-27(39)24-13-20(15-34-37-24)28(29,30)31)14-22(16)18-6-8-32-23(11-18)19-7-9-33-25(12-19)36-26(38)10-17-3-4-17/h2,5-9,11-15,17H,3-4,10H2,1H3,(H,35,39)(H,33,36,38). The zero-order valence-corrected chi connectivity index (χ0v) is 20.8. The first-order valence-corrected chi connectivity index (χ1v) is 12.2. The van der Waals surface area contributed by atoms with Gasteiger partial charge in [-0.05, 0) is 84.8 Å². The van der Waals surface area contributed by atoms with Crippen LogP contribution in [0.5, 0.6) is 0 Å². The van der Waals surface area contributed by atoms with Crippen LogP contribution in [0, 0.1) is 12.8 Å². The molecular weight excluding hydrogens is 509 g/mol. The van der Waals surface area contributed by atoms with Crippen LogP contribution in [0.1, 0.15) is 40.9 Å². The minimum absolute atomic E-state index is 0.0607. The maximum absolute atomic E-state index is 13.0. The number of aromatic nitrogens is 4. The number of nitrogens with one attached hydrogen (secondary N) is 2. The summed E-state index contributed by atoms with van der Waals surface area (Å²) in [5.41, 5.74) is 2.80. The van der Waals surface area contributed by atoms with E-state index in [0.717, 1.165) is 35.1 Å². The van der Waals surface area contributed by atoms with Crippen molar-refractivity contribution >= 4 is 23.3 Å². The topological polar surface area (TPSA) is 110 Å². The summed E-state index contributed by atoms with van der Waals surface area (Å²) < 4.78 is 39.0. The molecule has 0 unspecified atom stereocenters. The molecule has 39 heavy (non-hydrogen) atoms.